The third-order valence-corrected chi connectivity index (χ3v) is 8.31. The Bertz CT molecular complexity index is 699. The summed E-state index contributed by atoms with van der Waals surface area (Å²) in [6.07, 6.45) is 12.2. The second-order valence-corrected chi connectivity index (χ2v) is 9.32. The zero-order valence-corrected chi connectivity index (χ0v) is 15.6. The molecule has 2 heteroatoms. The Morgan fingerprint density at radius 2 is 1.96 bits per heavy atom. The smallest absolute Gasteiger partial charge is 0.206 e. The summed E-state index contributed by atoms with van der Waals surface area (Å²) in [6.45, 7) is 12.5. The Morgan fingerprint density at radius 1 is 1.20 bits per heavy atom. The molecule has 0 aromatic rings. The maximum Gasteiger partial charge on any atom is 0.206 e. The van der Waals surface area contributed by atoms with Crippen molar-refractivity contribution in [1.29, 1.82) is 0 Å². The molecule has 3 fully saturated rings. The van der Waals surface area contributed by atoms with Crippen LogP contribution in [0.1, 0.15) is 58.8 Å². The van der Waals surface area contributed by atoms with E-state index in [-0.39, 0.29) is 34.2 Å². The molecule has 0 spiro atoms. The number of Topliss-reactive ketones (excluding diaryl/α,β-unsaturated/α-hetero) is 2. The van der Waals surface area contributed by atoms with Gasteiger partial charge in [0, 0.05) is 5.92 Å². The lowest BCUT2D eigenvalue weighted by Gasteiger charge is -2.56. The normalized spacial score (nSPS) is 45.9. The zero-order chi connectivity index (χ0) is 18.0. The first kappa shape index (κ1) is 17.0. The molecule has 3 saturated carbocycles. The Balaban J connectivity index is 1.76. The van der Waals surface area contributed by atoms with Crippen LogP contribution < -0.4 is 0 Å². The lowest BCUT2D eigenvalue weighted by Crippen LogP contribution is -2.50. The van der Waals surface area contributed by atoms with Crippen molar-refractivity contribution in [1.82, 2.24) is 0 Å². The number of allylic oxidation sites excluding steroid dienone is 4. The Hall–Kier alpha value is -1.44. The summed E-state index contributed by atoms with van der Waals surface area (Å²) in [5.74, 6) is 0.0658. The van der Waals surface area contributed by atoms with Gasteiger partial charge in [-0.1, -0.05) is 51.2 Å². The van der Waals surface area contributed by atoms with Gasteiger partial charge in [0.25, 0.3) is 0 Å². The van der Waals surface area contributed by atoms with Gasteiger partial charge in [0.1, 0.15) is 0 Å². The topological polar surface area (TPSA) is 34.1 Å². The number of rotatable bonds is 2. The van der Waals surface area contributed by atoms with Crippen molar-refractivity contribution in [3.63, 3.8) is 0 Å². The van der Waals surface area contributed by atoms with Gasteiger partial charge in [0.05, 0.1) is 5.92 Å². The van der Waals surface area contributed by atoms with E-state index < -0.39 is 0 Å². The molecule has 0 N–H and O–H groups in total. The van der Waals surface area contributed by atoms with Crippen LogP contribution in [0.2, 0.25) is 0 Å². The van der Waals surface area contributed by atoms with Crippen molar-refractivity contribution in [3.8, 4) is 0 Å². The summed E-state index contributed by atoms with van der Waals surface area (Å²) in [5, 5.41) is 0. The molecule has 0 aliphatic heterocycles. The summed E-state index contributed by atoms with van der Waals surface area (Å²) in [6, 6.07) is 0. The molecule has 0 aromatic carbocycles. The summed E-state index contributed by atoms with van der Waals surface area (Å²) in [4.78, 5) is 25.9. The maximum absolute atomic E-state index is 13.0. The molecule has 0 unspecified atom stereocenters. The van der Waals surface area contributed by atoms with E-state index in [0.29, 0.717) is 11.8 Å². The molecular weight excluding hydrogens is 308 g/mol. The monoisotopic (exact) mass is 338 g/mol. The number of ketones is 2. The Morgan fingerprint density at radius 3 is 2.68 bits per heavy atom. The quantitative estimate of drug-likeness (QED) is 0.401. The molecule has 0 aromatic heterocycles. The van der Waals surface area contributed by atoms with E-state index in [9.17, 15) is 9.59 Å². The van der Waals surface area contributed by atoms with Crippen LogP contribution in [0.15, 0.2) is 36.5 Å². The number of carbonyl (C=O) groups excluding carboxylic acids is 2. The second kappa shape index (κ2) is 5.53. The second-order valence-electron chi connectivity index (χ2n) is 9.32. The molecule has 4 rings (SSSR count). The van der Waals surface area contributed by atoms with Gasteiger partial charge < -0.3 is 0 Å². The Kier molecular flexibility index (Phi) is 3.76. The van der Waals surface area contributed by atoms with Gasteiger partial charge in [-0.2, -0.15) is 0 Å². The molecule has 2 nitrogen and oxygen atoms in total. The van der Waals surface area contributed by atoms with E-state index in [1.54, 1.807) is 11.6 Å². The fourth-order valence-corrected chi connectivity index (χ4v) is 7.06. The highest BCUT2D eigenvalue weighted by Crippen LogP contribution is 2.65. The van der Waals surface area contributed by atoms with E-state index in [2.05, 4.69) is 33.1 Å². The molecular formula is C23H30O2. The van der Waals surface area contributed by atoms with Crippen LogP contribution in [0.5, 0.6) is 0 Å². The van der Waals surface area contributed by atoms with Gasteiger partial charge in [0.15, 0.2) is 0 Å². The van der Waals surface area contributed by atoms with Crippen LogP contribution in [-0.4, -0.2) is 11.6 Å². The van der Waals surface area contributed by atoms with Crippen LogP contribution in [0, 0.1) is 34.5 Å². The van der Waals surface area contributed by atoms with Crippen molar-refractivity contribution in [2.75, 3.05) is 0 Å². The van der Waals surface area contributed by atoms with Crippen LogP contribution in [-0.2, 0) is 9.59 Å². The van der Waals surface area contributed by atoms with Crippen LogP contribution in [0.25, 0.3) is 0 Å². The third-order valence-electron chi connectivity index (χ3n) is 8.31. The lowest BCUT2D eigenvalue weighted by molar-refractivity contribution is -0.139. The number of hydrogen-bond donors (Lipinski definition) is 0. The van der Waals surface area contributed by atoms with Crippen LogP contribution >= 0.6 is 0 Å². The third kappa shape index (κ3) is 2.09. The fraction of sp³-hybridized carbons (Fsp3) is 0.652. The van der Waals surface area contributed by atoms with E-state index in [1.165, 1.54) is 25.7 Å². The van der Waals surface area contributed by atoms with E-state index in [1.807, 2.05) is 0 Å². The van der Waals surface area contributed by atoms with Gasteiger partial charge in [-0.25, -0.2) is 0 Å². The first-order valence-electron chi connectivity index (χ1n) is 9.93. The molecule has 0 saturated heterocycles. The summed E-state index contributed by atoms with van der Waals surface area (Å²) in [5.41, 5.74) is 2.35. The minimum absolute atomic E-state index is 0.124. The standard InChI is InChI=1S/C23H30O2/c1-5-14(2)18-20(24)21(25)19-16-10-9-15-8-6-7-12-22(15,3)17(16)11-13-23(18,19)4/h5,9,16-19H,1-2,6-8,10-13H2,3-4H3/t16-,17+,18+,19-,22+,23-/m1/s1. The van der Waals surface area contributed by atoms with Gasteiger partial charge in [-0.15, -0.1) is 0 Å². The molecule has 0 radical (unpaired) electrons. The minimum Gasteiger partial charge on any atom is -0.291 e. The SMILES string of the molecule is C=CC(=C)[C@H]1C(=O)C(=O)[C@H]2[C@@H]3CC=C4CCCC[C@]4(C)[C@H]3CC[C@]12C. The molecule has 0 bridgehead atoms. The minimum atomic E-state index is -0.354. The molecule has 134 valence electrons. The van der Waals surface area contributed by atoms with Crippen molar-refractivity contribution in [2.45, 2.75) is 58.8 Å². The fourth-order valence-electron chi connectivity index (χ4n) is 7.06. The zero-order valence-electron chi connectivity index (χ0n) is 15.6. The predicted molar refractivity (Wildman–Crippen MR) is 99.9 cm³/mol. The van der Waals surface area contributed by atoms with Gasteiger partial charge in [0.2, 0.25) is 11.6 Å². The molecule has 0 heterocycles. The van der Waals surface area contributed by atoms with Gasteiger partial charge in [-0.05, 0) is 66.8 Å². The van der Waals surface area contributed by atoms with Crippen molar-refractivity contribution in [3.05, 3.63) is 36.5 Å². The summed E-state index contributed by atoms with van der Waals surface area (Å²) >= 11 is 0. The van der Waals surface area contributed by atoms with Crippen LogP contribution in [0.4, 0.5) is 0 Å². The maximum atomic E-state index is 13.0. The highest BCUT2D eigenvalue weighted by atomic mass is 16.2. The molecule has 25 heavy (non-hydrogen) atoms. The van der Waals surface area contributed by atoms with Crippen molar-refractivity contribution < 1.29 is 9.59 Å². The van der Waals surface area contributed by atoms with Crippen molar-refractivity contribution in [2.24, 2.45) is 34.5 Å². The van der Waals surface area contributed by atoms with E-state index in [0.717, 1.165) is 24.8 Å². The predicted octanol–water partition coefficient (Wildman–Crippen LogP) is 5.06. The van der Waals surface area contributed by atoms with Crippen molar-refractivity contribution >= 4 is 11.6 Å². The van der Waals surface area contributed by atoms with E-state index >= 15 is 0 Å². The number of hydrogen-bond acceptors (Lipinski definition) is 2. The van der Waals surface area contributed by atoms with Gasteiger partial charge >= 0.3 is 0 Å². The van der Waals surface area contributed by atoms with Crippen LogP contribution in [0.3, 0.4) is 0 Å². The highest BCUT2D eigenvalue weighted by molar-refractivity contribution is 6.42. The largest absolute Gasteiger partial charge is 0.291 e. The molecule has 4 aliphatic carbocycles. The summed E-state index contributed by atoms with van der Waals surface area (Å²) in [7, 11) is 0. The summed E-state index contributed by atoms with van der Waals surface area (Å²) < 4.78 is 0. The first-order chi connectivity index (χ1) is 11.8. The average molecular weight is 338 g/mol. The lowest BCUT2D eigenvalue weighted by atomic mass is 9.47. The average Bonchev–Trinajstić information content (AvgIpc) is 2.80. The molecule has 0 amide bonds. The number of carbonyl (C=O) groups is 2. The van der Waals surface area contributed by atoms with E-state index in [4.69, 9.17) is 0 Å². The highest BCUT2D eigenvalue weighted by Gasteiger charge is 2.64. The Labute approximate surface area is 151 Å². The van der Waals surface area contributed by atoms with Gasteiger partial charge in [-0.3, -0.25) is 9.59 Å². The molecule has 6 atom stereocenters. The first-order valence-corrected chi connectivity index (χ1v) is 9.93. The molecule has 4 aliphatic rings. The number of fused-ring (bicyclic) bond motifs is 5.